The van der Waals surface area contributed by atoms with Crippen LogP contribution in [0.5, 0.6) is 0 Å². The van der Waals surface area contributed by atoms with Crippen molar-refractivity contribution in [1.29, 1.82) is 0 Å². The van der Waals surface area contributed by atoms with Gasteiger partial charge in [0.1, 0.15) is 6.54 Å². The number of benzene rings is 1. The van der Waals surface area contributed by atoms with Crippen molar-refractivity contribution in [2.45, 2.75) is 149 Å². The second kappa shape index (κ2) is 23.6. The number of carboxylic acids is 2. The van der Waals surface area contributed by atoms with E-state index >= 15 is 0 Å². The summed E-state index contributed by atoms with van der Waals surface area (Å²) in [6.45, 7) is 4.96. The molecule has 278 valence electrons. The van der Waals surface area contributed by atoms with Crippen LogP contribution in [0, 0.1) is 6.92 Å². The Hall–Kier alpha value is -2.68. The number of hydrogen-bond donors (Lipinski definition) is 2. The molecule has 0 fully saturated rings. The van der Waals surface area contributed by atoms with Gasteiger partial charge >= 0.3 is 44.9 Å². The fraction of sp³-hybridized carbons (Fsp3) is 0.639. The molecule has 1 aromatic heterocycles. The Balaban J connectivity index is 0.000000901. The number of carbonyl (C=O) groups is 2. The van der Waals surface area contributed by atoms with Gasteiger partial charge in [-0.05, 0) is 31.0 Å². The first-order valence-corrected chi connectivity index (χ1v) is 19.5. The molecular formula is C36H58F6NO4P. The van der Waals surface area contributed by atoms with Crippen LogP contribution >= 0.6 is 7.81 Å². The third kappa shape index (κ3) is 31.9. The van der Waals surface area contributed by atoms with Gasteiger partial charge in [0.15, 0.2) is 12.4 Å². The van der Waals surface area contributed by atoms with E-state index in [1.165, 1.54) is 160 Å². The van der Waals surface area contributed by atoms with Gasteiger partial charge in [0.05, 0.1) is 11.1 Å². The van der Waals surface area contributed by atoms with E-state index in [2.05, 4.69) is 42.1 Å². The zero-order valence-electron chi connectivity index (χ0n) is 28.8. The average molecular weight is 714 g/mol. The number of rotatable bonds is 23. The van der Waals surface area contributed by atoms with Crippen molar-refractivity contribution in [2.24, 2.45) is 0 Å². The number of aromatic carboxylic acids is 2. The van der Waals surface area contributed by atoms with Crippen LogP contribution in [-0.4, -0.2) is 22.2 Å². The molecule has 0 aliphatic carbocycles. The first kappa shape index (κ1) is 45.3. The van der Waals surface area contributed by atoms with Crippen LogP contribution in [0.2, 0.25) is 0 Å². The van der Waals surface area contributed by atoms with Crippen LogP contribution in [0.15, 0.2) is 48.8 Å². The average Bonchev–Trinajstić information content (AvgIpc) is 2.99. The van der Waals surface area contributed by atoms with Gasteiger partial charge in [-0.25, -0.2) is 14.2 Å². The van der Waals surface area contributed by atoms with E-state index < -0.39 is 19.7 Å². The van der Waals surface area contributed by atoms with Gasteiger partial charge in [-0.1, -0.05) is 135 Å². The van der Waals surface area contributed by atoms with Crippen LogP contribution in [0.3, 0.4) is 0 Å². The third-order valence-corrected chi connectivity index (χ3v) is 7.84. The molecule has 0 amide bonds. The molecule has 1 heterocycles. The number of halogens is 6. The second-order valence-corrected chi connectivity index (χ2v) is 14.3. The molecular weight excluding hydrogens is 655 g/mol. The molecule has 0 saturated carbocycles. The van der Waals surface area contributed by atoms with E-state index in [-0.39, 0.29) is 16.7 Å². The van der Waals surface area contributed by atoms with E-state index in [9.17, 15) is 34.8 Å². The van der Waals surface area contributed by atoms with Crippen LogP contribution in [-0.2, 0) is 6.54 Å². The standard InChI is InChI=1S/C27H50N.C9H8O4.F6P/c1-2-3-4-5-6-7-8-9-10-11-12-13-14-15-16-17-18-19-20-22-25-28-26-23-21-24-27-28;1-5-6(8(10)11)3-2-4-7(5)9(12)13;1-7(2,3,4,5)6/h21,23-24,26-27H,2-20,22,25H2,1H3;2-4H,1H3,(H,10,11)(H,12,13);/q+1;;-1. The number of hydrogen-bond acceptors (Lipinski definition) is 2. The van der Waals surface area contributed by atoms with Crippen molar-refractivity contribution >= 4 is 19.7 Å². The fourth-order valence-corrected chi connectivity index (χ4v) is 5.23. The molecule has 48 heavy (non-hydrogen) atoms. The molecule has 2 N–H and O–H groups in total. The van der Waals surface area contributed by atoms with Gasteiger partial charge in [0.25, 0.3) is 0 Å². The normalized spacial score (nSPS) is 12.5. The van der Waals surface area contributed by atoms with Crippen molar-refractivity contribution < 1.29 is 49.6 Å². The van der Waals surface area contributed by atoms with Gasteiger partial charge in [0, 0.05) is 18.6 Å². The molecule has 0 bridgehead atoms. The number of unbranched alkanes of at least 4 members (excludes halogenated alkanes) is 19. The fourth-order valence-electron chi connectivity index (χ4n) is 5.23. The predicted molar refractivity (Wildman–Crippen MR) is 183 cm³/mol. The first-order chi connectivity index (χ1) is 22.4. The summed E-state index contributed by atoms with van der Waals surface area (Å²) in [5.74, 6) is -2.22. The van der Waals surface area contributed by atoms with Crippen LogP contribution in [0.1, 0.15) is 162 Å². The minimum absolute atomic E-state index is 0.0277. The summed E-state index contributed by atoms with van der Waals surface area (Å²) in [6, 6.07) is 10.5. The Bertz CT molecular complexity index is 1110. The van der Waals surface area contributed by atoms with E-state index in [1.54, 1.807) is 0 Å². The number of aryl methyl sites for hydroxylation is 1. The van der Waals surface area contributed by atoms with Gasteiger partial charge in [0.2, 0.25) is 0 Å². The molecule has 2 aromatic rings. The number of pyridine rings is 1. The maximum absolute atomic E-state index is 10.7. The van der Waals surface area contributed by atoms with Crippen molar-refractivity contribution in [1.82, 2.24) is 0 Å². The molecule has 2 rings (SSSR count). The van der Waals surface area contributed by atoms with Gasteiger partial charge < -0.3 is 10.2 Å². The Morgan fingerprint density at radius 3 is 1.12 bits per heavy atom. The zero-order valence-corrected chi connectivity index (χ0v) is 29.7. The summed E-state index contributed by atoms with van der Waals surface area (Å²) in [6.07, 6.45) is 33.4. The van der Waals surface area contributed by atoms with E-state index in [0.29, 0.717) is 0 Å². The molecule has 0 atom stereocenters. The van der Waals surface area contributed by atoms with E-state index in [0.717, 1.165) is 0 Å². The van der Waals surface area contributed by atoms with E-state index in [1.807, 2.05) is 0 Å². The number of nitrogens with zero attached hydrogens (tertiary/aromatic N) is 1. The quantitative estimate of drug-likeness (QED) is 0.0520. The van der Waals surface area contributed by atoms with Crippen molar-refractivity contribution in [2.75, 3.05) is 0 Å². The molecule has 0 unspecified atom stereocenters. The van der Waals surface area contributed by atoms with E-state index in [4.69, 9.17) is 10.2 Å². The van der Waals surface area contributed by atoms with Crippen molar-refractivity contribution in [3.63, 3.8) is 0 Å². The van der Waals surface area contributed by atoms with Gasteiger partial charge in [-0.15, -0.1) is 0 Å². The SMILES string of the molecule is CCCCCCCCCCCCCCCCCCCCCC[n+]1ccccc1.Cc1c(C(=O)O)cccc1C(=O)O.F[P-](F)(F)(F)(F)F. The van der Waals surface area contributed by atoms with Crippen LogP contribution in [0.25, 0.3) is 0 Å². The molecule has 1 aromatic carbocycles. The van der Waals surface area contributed by atoms with Gasteiger partial charge in [-0.2, -0.15) is 0 Å². The summed E-state index contributed by atoms with van der Waals surface area (Å²) in [5, 5.41) is 17.4. The Labute approximate surface area is 283 Å². The summed E-state index contributed by atoms with van der Waals surface area (Å²) in [7, 11) is -10.7. The van der Waals surface area contributed by atoms with Gasteiger partial charge in [-0.3, -0.25) is 0 Å². The molecule has 0 aliphatic rings. The topological polar surface area (TPSA) is 78.5 Å². The molecule has 0 spiro atoms. The molecule has 0 radical (unpaired) electrons. The Kier molecular flexibility index (Phi) is 22.3. The zero-order chi connectivity index (χ0) is 36.4. The minimum atomic E-state index is -10.7. The summed E-state index contributed by atoms with van der Waals surface area (Å²) < 4.78 is 61.5. The first-order valence-electron chi connectivity index (χ1n) is 17.5. The Morgan fingerprint density at radius 1 is 0.542 bits per heavy atom. The molecule has 5 nitrogen and oxygen atoms in total. The van der Waals surface area contributed by atoms with Crippen LogP contribution in [0.4, 0.5) is 25.2 Å². The third-order valence-electron chi connectivity index (χ3n) is 7.84. The van der Waals surface area contributed by atoms with Crippen molar-refractivity contribution in [3.8, 4) is 0 Å². The molecule has 0 aliphatic heterocycles. The summed E-state index contributed by atoms with van der Waals surface area (Å²) in [4.78, 5) is 21.2. The second-order valence-electron chi connectivity index (χ2n) is 12.4. The summed E-state index contributed by atoms with van der Waals surface area (Å²) >= 11 is 0. The number of carboxylic acid groups (broad SMARTS) is 2. The van der Waals surface area contributed by atoms with Crippen LogP contribution < -0.4 is 4.57 Å². The summed E-state index contributed by atoms with van der Waals surface area (Å²) in [5.41, 5.74) is 0.335. The molecule has 12 heteroatoms. The van der Waals surface area contributed by atoms with Crippen molar-refractivity contribution in [3.05, 3.63) is 65.5 Å². The number of aromatic nitrogens is 1. The molecule has 0 saturated heterocycles. The monoisotopic (exact) mass is 713 g/mol. The predicted octanol–water partition coefficient (Wildman–Crippen LogP) is 13.6. The maximum atomic E-state index is 10.6. The Morgan fingerprint density at radius 2 is 0.833 bits per heavy atom.